The monoisotopic (exact) mass is 380 g/mol. The van der Waals surface area contributed by atoms with Gasteiger partial charge in [-0.25, -0.2) is 0 Å². The molecule has 1 unspecified atom stereocenters. The van der Waals surface area contributed by atoms with Crippen LogP contribution in [0, 0.1) is 0 Å². The Morgan fingerprint density at radius 3 is 2.19 bits per heavy atom. The summed E-state index contributed by atoms with van der Waals surface area (Å²) in [5, 5.41) is 20.8. The normalized spacial score (nSPS) is 12.3. The quantitative estimate of drug-likeness (QED) is 0.475. The maximum atomic E-state index is 12.7. The lowest BCUT2D eigenvalue weighted by atomic mass is 10.1. The second-order valence-electron chi connectivity index (χ2n) is 5.81. The molecule has 1 atom stereocenters. The highest BCUT2D eigenvalue weighted by Gasteiger charge is 2.30. The fourth-order valence-electron chi connectivity index (χ4n) is 2.33. The van der Waals surface area contributed by atoms with Crippen LogP contribution >= 0.6 is 0 Å². The number of carboxylic acid groups (broad SMARTS) is 1. The van der Waals surface area contributed by atoms with Crippen molar-refractivity contribution in [2.24, 2.45) is 0 Å². The Bertz CT molecular complexity index is 777. The molecule has 0 saturated carbocycles. The summed E-state index contributed by atoms with van der Waals surface area (Å²) in [5.41, 5.74) is 3.12. The molecule has 0 saturated heterocycles. The molecule has 5 nitrogen and oxygen atoms in total. The van der Waals surface area contributed by atoms with E-state index in [1.54, 1.807) is 30.3 Å². The van der Waals surface area contributed by atoms with Gasteiger partial charge in [-0.15, -0.1) is 0 Å². The van der Waals surface area contributed by atoms with Crippen LogP contribution in [-0.4, -0.2) is 16.2 Å². The number of aliphatic carboxylic acids is 1. The van der Waals surface area contributed by atoms with Gasteiger partial charge in [0.25, 0.3) is 0 Å². The Labute approximate surface area is 154 Å². The summed E-state index contributed by atoms with van der Waals surface area (Å²) in [7, 11) is 0. The standard InChI is InChI=1S/C19H19F3N2O3/c1-13(7-12-17(25)26)23-24(16-5-3-2-4-6-16)18(27)14-8-10-15(11-9-14)19(20,21)22/h2-6,8-11,18,23,27H,1,7,12H2,(H,25,26). The van der Waals surface area contributed by atoms with E-state index in [4.69, 9.17) is 5.11 Å². The van der Waals surface area contributed by atoms with E-state index in [0.29, 0.717) is 11.4 Å². The number of benzene rings is 2. The topological polar surface area (TPSA) is 72.8 Å². The van der Waals surface area contributed by atoms with Crippen molar-refractivity contribution in [1.82, 2.24) is 5.43 Å². The van der Waals surface area contributed by atoms with Gasteiger partial charge >= 0.3 is 12.1 Å². The van der Waals surface area contributed by atoms with Crippen molar-refractivity contribution in [3.63, 3.8) is 0 Å². The predicted octanol–water partition coefficient (Wildman–Crippen LogP) is 4.09. The summed E-state index contributed by atoms with van der Waals surface area (Å²) >= 11 is 0. The van der Waals surface area contributed by atoms with Crippen LogP contribution < -0.4 is 10.4 Å². The molecule has 0 radical (unpaired) electrons. The van der Waals surface area contributed by atoms with E-state index in [2.05, 4.69) is 12.0 Å². The van der Waals surface area contributed by atoms with Crippen LogP contribution in [0.4, 0.5) is 18.9 Å². The number of hydrogen-bond acceptors (Lipinski definition) is 4. The Morgan fingerprint density at radius 2 is 1.67 bits per heavy atom. The van der Waals surface area contributed by atoms with E-state index in [-0.39, 0.29) is 18.4 Å². The Balaban J connectivity index is 2.24. The first-order chi connectivity index (χ1) is 12.7. The summed E-state index contributed by atoms with van der Waals surface area (Å²) in [6.45, 7) is 3.74. The summed E-state index contributed by atoms with van der Waals surface area (Å²) in [6.07, 6.45) is -5.81. The Hall–Kier alpha value is -3.00. The number of allylic oxidation sites excluding steroid dienone is 1. The molecule has 0 fully saturated rings. The molecular weight excluding hydrogens is 361 g/mol. The molecule has 3 N–H and O–H groups in total. The van der Waals surface area contributed by atoms with Crippen molar-refractivity contribution in [2.75, 3.05) is 5.01 Å². The first-order valence-corrected chi connectivity index (χ1v) is 8.04. The molecule has 0 bridgehead atoms. The molecule has 2 rings (SSSR count). The number of nitrogens with zero attached hydrogens (tertiary/aromatic N) is 1. The minimum absolute atomic E-state index is 0.123. The third kappa shape index (κ3) is 5.75. The van der Waals surface area contributed by atoms with Crippen LogP contribution in [0.25, 0.3) is 0 Å². The molecule has 0 aliphatic rings. The van der Waals surface area contributed by atoms with E-state index in [9.17, 15) is 23.1 Å². The lowest BCUT2D eigenvalue weighted by Gasteiger charge is -2.32. The summed E-state index contributed by atoms with van der Waals surface area (Å²) < 4.78 is 38.2. The van der Waals surface area contributed by atoms with Crippen molar-refractivity contribution in [2.45, 2.75) is 25.2 Å². The van der Waals surface area contributed by atoms with Gasteiger partial charge in [-0.3, -0.25) is 9.80 Å². The first kappa shape index (κ1) is 20.3. The second kappa shape index (κ2) is 8.59. The third-order valence-corrected chi connectivity index (χ3v) is 3.73. The maximum Gasteiger partial charge on any atom is 0.416 e. The zero-order valence-electron chi connectivity index (χ0n) is 14.3. The van der Waals surface area contributed by atoms with Gasteiger partial charge < -0.3 is 15.6 Å². The number of carbonyl (C=O) groups is 1. The molecule has 0 heterocycles. The van der Waals surface area contributed by atoms with E-state index in [1.165, 1.54) is 17.1 Å². The smallest absolute Gasteiger partial charge is 0.416 e. The molecule has 27 heavy (non-hydrogen) atoms. The minimum Gasteiger partial charge on any atom is -0.481 e. The van der Waals surface area contributed by atoms with Gasteiger partial charge in [-0.05, 0) is 30.7 Å². The third-order valence-electron chi connectivity index (χ3n) is 3.73. The van der Waals surface area contributed by atoms with Crippen molar-refractivity contribution in [1.29, 1.82) is 0 Å². The van der Waals surface area contributed by atoms with Gasteiger partial charge in [0.15, 0.2) is 6.23 Å². The van der Waals surface area contributed by atoms with Gasteiger partial charge in [-0.2, -0.15) is 13.2 Å². The number of carboxylic acids is 1. The number of hydrazine groups is 1. The predicted molar refractivity (Wildman–Crippen MR) is 94.5 cm³/mol. The van der Waals surface area contributed by atoms with Gasteiger partial charge in [0, 0.05) is 11.3 Å². The number of alkyl halides is 3. The average molecular weight is 380 g/mol. The number of halogens is 3. The Kier molecular flexibility index (Phi) is 6.46. The van der Waals surface area contributed by atoms with Crippen molar-refractivity contribution in [3.8, 4) is 0 Å². The number of aliphatic hydroxyl groups is 1. The zero-order valence-corrected chi connectivity index (χ0v) is 14.3. The van der Waals surface area contributed by atoms with E-state index < -0.39 is 23.9 Å². The van der Waals surface area contributed by atoms with Crippen molar-refractivity contribution in [3.05, 3.63) is 78.0 Å². The van der Waals surface area contributed by atoms with Crippen LogP contribution in [0.2, 0.25) is 0 Å². The van der Waals surface area contributed by atoms with Gasteiger partial charge in [0.05, 0.1) is 17.7 Å². The number of para-hydroxylation sites is 1. The van der Waals surface area contributed by atoms with E-state index >= 15 is 0 Å². The SMILES string of the molecule is C=C(CCC(=O)O)NN(c1ccccc1)C(O)c1ccc(C(F)(F)F)cc1. The number of nitrogens with one attached hydrogen (secondary N) is 1. The molecule has 2 aromatic carbocycles. The number of aliphatic hydroxyl groups excluding tert-OH is 1. The van der Waals surface area contributed by atoms with Gasteiger partial charge in [0.2, 0.25) is 0 Å². The fourth-order valence-corrected chi connectivity index (χ4v) is 2.33. The minimum atomic E-state index is -4.47. The number of anilines is 1. The summed E-state index contributed by atoms with van der Waals surface area (Å²) in [5.74, 6) is -0.993. The summed E-state index contributed by atoms with van der Waals surface area (Å²) in [4.78, 5) is 10.7. The summed E-state index contributed by atoms with van der Waals surface area (Å²) in [6, 6.07) is 12.7. The molecule has 8 heteroatoms. The molecule has 144 valence electrons. The van der Waals surface area contributed by atoms with Crippen LogP contribution in [0.1, 0.15) is 30.2 Å². The average Bonchev–Trinajstić information content (AvgIpc) is 2.64. The molecule has 0 aliphatic heterocycles. The van der Waals surface area contributed by atoms with E-state index in [1.807, 2.05) is 0 Å². The van der Waals surface area contributed by atoms with Crippen LogP contribution in [0.3, 0.4) is 0 Å². The van der Waals surface area contributed by atoms with Crippen molar-refractivity contribution < 1.29 is 28.2 Å². The number of hydrogen-bond donors (Lipinski definition) is 3. The maximum absolute atomic E-state index is 12.7. The largest absolute Gasteiger partial charge is 0.481 e. The number of rotatable bonds is 8. The van der Waals surface area contributed by atoms with Gasteiger partial charge in [-0.1, -0.05) is 36.9 Å². The highest BCUT2D eigenvalue weighted by molar-refractivity contribution is 5.67. The molecule has 0 spiro atoms. The molecule has 0 aliphatic carbocycles. The lowest BCUT2D eigenvalue weighted by molar-refractivity contribution is -0.138. The van der Waals surface area contributed by atoms with Crippen LogP contribution in [0.5, 0.6) is 0 Å². The van der Waals surface area contributed by atoms with Crippen LogP contribution in [0.15, 0.2) is 66.9 Å². The molecular formula is C19H19F3N2O3. The lowest BCUT2D eigenvalue weighted by Crippen LogP contribution is -2.40. The molecule has 2 aromatic rings. The fraction of sp³-hybridized carbons (Fsp3) is 0.211. The zero-order chi connectivity index (χ0) is 20.0. The highest BCUT2D eigenvalue weighted by Crippen LogP contribution is 2.31. The Morgan fingerprint density at radius 1 is 1.07 bits per heavy atom. The van der Waals surface area contributed by atoms with Crippen LogP contribution in [-0.2, 0) is 11.0 Å². The molecule has 0 aromatic heterocycles. The van der Waals surface area contributed by atoms with Gasteiger partial charge in [0.1, 0.15) is 0 Å². The van der Waals surface area contributed by atoms with E-state index in [0.717, 1.165) is 12.1 Å². The first-order valence-electron chi connectivity index (χ1n) is 8.04. The highest BCUT2D eigenvalue weighted by atomic mass is 19.4. The second-order valence-corrected chi connectivity index (χ2v) is 5.81. The van der Waals surface area contributed by atoms with Crippen molar-refractivity contribution >= 4 is 11.7 Å². The molecule has 0 amide bonds.